The second-order valence-electron chi connectivity index (χ2n) is 5.23. The predicted molar refractivity (Wildman–Crippen MR) is 86.2 cm³/mol. The molecule has 2 aromatic rings. The highest BCUT2D eigenvalue weighted by atomic mass is 32.1. The summed E-state index contributed by atoms with van der Waals surface area (Å²) in [5.74, 6) is 0. The maximum absolute atomic E-state index is 6.28. The fourth-order valence-electron chi connectivity index (χ4n) is 2.49. The van der Waals surface area contributed by atoms with Crippen molar-refractivity contribution in [1.29, 1.82) is 0 Å². The Hall–Kier alpha value is -1.13. The monoisotopic (exact) mass is 291 g/mol. The molecule has 20 heavy (non-hydrogen) atoms. The van der Waals surface area contributed by atoms with E-state index in [1.807, 2.05) is 11.3 Å². The van der Waals surface area contributed by atoms with Crippen LogP contribution in [0.1, 0.15) is 43.0 Å². The van der Waals surface area contributed by atoms with Crippen molar-refractivity contribution in [2.45, 2.75) is 58.5 Å². The number of thiophene rings is 1. The van der Waals surface area contributed by atoms with Crippen molar-refractivity contribution >= 4 is 11.3 Å². The normalized spacial score (nSPS) is 12.8. The van der Waals surface area contributed by atoms with Crippen molar-refractivity contribution < 1.29 is 0 Å². The fraction of sp³-hybridized carbons (Fsp3) is 0.562. The van der Waals surface area contributed by atoms with E-state index in [2.05, 4.69) is 47.2 Å². The molecule has 0 fully saturated rings. The molecule has 1 unspecified atom stereocenters. The summed E-state index contributed by atoms with van der Waals surface area (Å²) >= 11 is 1.84. The van der Waals surface area contributed by atoms with Crippen LogP contribution in [0.15, 0.2) is 23.6 Å². The Morgan fingerprint density at radius 1 is 1.40 bits per heavy atom. The smallest absolute Gasteiger partial charge is 0.0624 e. The first kappa shape index (κ1) is 15.3. The molecule has 0 aromatic carbocycles. The maximum atomic E-state index is 6.28. The molecule has 2 N–H and O–H groups in total. The number of nitrogens with two attached hydrogens (primary N) is 1. The van der Waals surface area contributed by atoms with Crippen LogP contribution in [-0.2, 0) is 25.8 Å². The minimum Gasteiger partial charge on any atom is -0.327 e. The van der Waals surface area contributed by atoms with Crippen LogP contribution in [0.2, 0.25) is 0 Å². The van der Waals surface area contributed by atoms with E-state index in [9.17, 15) is 0 Å². The molecule has 0 aliphatic carbocycles. The zero-order valence-corrected chi connectivity index (χ0v) is 13.3. The molecule has 0 radical (unpaired) electrons. The highest BCUT2D eigenvalue weighted by Crippen LogP contribution is 2.14. The molecular formula is C16H25N3S. The van der Waals surface area contributed by atoms with Crippen molar-refractivity contribution in [3.05, 3.63) is 39.8 Å². The third-order valence-corrected chi connectivity index (χ3v) is 4.56. The van der Waals surface area contributed by atoms with Gasteiger partial charge in [-0.15, -0.1) is 11.3 Å². The molecule has 2 aromatic heterocycles. The molecule has 2 rings (SSSR count). The number of aromatic nitrogens is 2. The first-order valence-corrected chi connectivity index (χ1v) is 8.44. The zero-order chi connectivity index (χ0) is 14.4. The minimum absolute atomic E-state index is 0.238. The second kappa shape index (κ2) is 7.60. The van der Waals surface area contributed by atoms with E-state index in [0.29, 0.717) is 0 Å². The third-order valence-electron chi connectivity index (χ3n) is 3.63. The van der Waals surface area contributed by atoms with Gasteiger partial charge in [0.25, 0.3) is 0 Å². The van der Waals surface area contributed by atoms with Gasteiger partial charge in [0, 0.05) is 29.6 Å². The molecule has 0 saturated carbocycles. The van der Waals surface area contributed by atoms with Gasteiger partial charge in [-0.1, -0.05) is 13.0 Å². The minimum atomic E-state index is 0.238. The quantitative estimate of drug-likeness (QED) is 0.810. The molecule has 0 spiro atoms. The highest BCUT2D eigenvalue weighted by molar-refractivity contribution is 7.09. The van der Waals surface area contributed by atoms with E-state index in [-0.39, 0.29) is 6.04 Å². The molecule has 4 heteroatoms. The lowest BCUT2D eigenvalue weighted by atomic mass is 10.0. The van der Waals surface area contributed by atoms with Crippen LogP contribution in [0.3, 0.4) is 0 Å². The summed E-state index contributed by atoms with van der Waals surface area (Å²) in [6.45, 7) is 5.21. The van der Waals surface area contributed by atoms with Crippen molar-refractivity contribution in [2.75, 3.05) is 0 Å². The lowest BCUT2D eigenvalue weighted by Crippen LogP contribution is -2.24. The van der Waals surface area contributed by atoms with Gasteiger partial charge < -0.3 is 5.73 Å². The third kappa shape index (κ3) is 4.18. The average molecular weight is 291 g/mol. The molecule has 1 atom stereocenters. The van der Waals surface area contributed by atoms with Gasteiger partial charge in [0.15, 0.2) is 0 Å². The number of hydrogen-bond donors (Lipinski definition) is 1. The number of aryl methyl sites for hydroxylation is 3. The Labute approximate surface area is 125 Å². The van der Waals surface area contributed by atoms with Crippen molar-refractivity contribution in [1.82, 2.24) is 9.78 Å². The van der Waals surface area contributed by atoms with Gasteiger partial charge in [-0.25, -0.2) is 0 Å². The summed E-state index contributed by atoms with van der Waals surface area (Å²) in [7, 11) is 0. The SMILES string of the molecule is CCc1cc(CC(N)CCCc2cccs2)n(CC)n1. The molecule has 2 heterocycles. The molecule has 0 aliphatic heterocycles. The van der Waals surface area contributed by atoms with Gasteiger partial charge in [-0.05, 0) is 50.1 Å². The van der Waals surface area contributed by atoms with Crippen molar-refractivity contribution in [2.24, 2.45) is 5.73 Å². The molecule has 0 aliphatic rings. The van der Waals surface area contributed by atoms with Gasteiger partial charge in [0.2, 0.25) is 0 Å². The van der Waals surface area contributed by atoms with Crippen molar-refractivity contribution in [3.8, 4) is 0 Å². The lowest BCUT2D eigenvalue weighted by Gasteiger charge is -2.12. The molecule has 0 bridgehead atoms. The van der Waals surface area contributed by atoms with Crippen LogP contribution < -0.4 is 5.73 Å². The fourth-order valence-corrected chi connectivity index (χ4v) is 3.24. The average Bonchev–Trinajstić information content (AvgIpc) is 3.08. The summed E-state index contributed by atoms with van der Waals surface area (Å²) in [5, 5.41) is 6.72. The van der Waals surface area contributed by atoms with Crippen LogP contribution in [0.25, 0.3) is 0 Å². The van der Waals surface area contributed by atoms with E-state index in [1.165, 1.54) is 22.7 Å². The highest BCUT2D eigenvalue weighted by Gasteiger charge is 2.10. The first-order chi connectivity index (χ1) is 9.72. The molecular weight excluding hydrogens is 266 g/mol. The van der Waals surface area contributed by atoms with E-state index >= 15 is 0 Å². The summed E-state index contributed by atoms with van der Waals surface area (Å²) in [4.78, 5) is 1.46. The second-order valence-corrected chi connectivity index (χ2v) is 6.26. The van der Waals surface area contributed by atoms with Crippen LogP contribution in [0, 0.1) is 0 Å². The Morgan fingerprint density at radius 2 is 2.25 bits per heavy atom. The van der Waals surface area contributed by atoms with Crippen LogP contribution >= 0.6 is 11.3 Å². The van der Waals surface area contributed by atoms with Gasteiger partial charge in [-0.3, -0.25) is 4.68 Å². The Balaban J connectivity index is 1.81. The van der Waals surface area contributed by atoms with Crippen LogP contribution in [0.5, 0.6) is 0 Å². The van der Waals surface area contributed by atoms with Gasteiger partial charge in [0.1, 0.15) is 0 Å². The maximum Gasteiger partial charge on any atom is 0.0624 e. The lowest BCUT2D eigenvalue weighted by molar-refractivity contribution is 0.540. The van der Waals surface area contributed by atoms with E-state index in [4.69, 9.17) is 5.73 Å². The number of hydrogen-bond acceptors (Lipinski definition) is 3. The van der Waals surface area contributed by atoms with E-state index < -0.39 is 0 Å². The van der Waals surface area contributed by atoms with Gasteiger partial charge in [0.05, 0.1) is 5.69 Å². The zero-order valence-electron chi connectivity index (χ0n) is 12.5. The van der Waals surface area contributed by atoms with Crippen LogP contribution in [0.4, 0.5) is 0 Å². The Morgan fingerprint density at radius 3 is 2.90 bits per heavy atom. The molecule has 0 amide bonds. The molecule has 0 saturated heterocycles. The standard InChI is InChI=1S/C16H25N3S/c1-3-14-12-15(19(4-2)18-14)11-13(17)7-5-8-16-9-6-10-20-16/h6,9-10,12-13H,3-5,7-8,11,17H2,1-2H3. The van der Waals surface area contributed by atoms with Crippen molar-refractivity contribution in [3.63, 3.8) is 0 Å². The number of rotatable bonds is 8. The van der Waals surface area contributed by atoms with E-state index in [0.717, 1.165) is 32.2 Å². The van der Waals surface area contributed by atoms with E-state index in [1.54, 1.807) is 0 Å². The first-order valence-electron chi connectivity index (χ1n) is 7.56. The predicted octanol–water partition coefficient (Wildman–Crippen LogP) is 3.42. The summed E-state index contributed by atoms with van der Waals surface area (Å²) in [6.07, 6.45) is 5.33. The summed E-state index contributed by atoms with van der Waals surface area (Å²) < 4.78 is 2.10. The molecule has 3 nitrogen and oxygen atoms in total. The summed E-state index contributed by atoms with van der Waals surface area (Å²) in [6, 6.07) is 6.77. The largest absolute Gasteiger partial charge is 0.327 e. The topological polar surface area (TPSA) is 43.8 Å². The van der Waals surface area contributed by atoms with Gasteiger partial charge in [-0.2, -0.15) is 5.10 Å². The van der Waals surface area contributed by atoms with Gasteiger partial charge >= 0.3 is 0 Å². The Bertz CT molecular complexity index is 502. The Kier molecular flexibility index (Phi) is 5.80. The number of nitrogens with zero attached hydrogens (tertiary/aromatic N) is 2. The molecule has 110 valence electrons. The van der Waals surface area contributed by atoms with Crippen LogP contribution in [-0.4, -0.2) is 15.8 Å². The summed E-state index contributed by atoms with van der Waals surface area (Å²) in [5.41, 5.74) is 8.74.